The van der Waals surface area contributed by atoms with Crippen molar-refractivity contribution >= 4 is 17.7 Å². The molecule has 0 fully saturated rings. The molecule has 23 heavy (non-hydrogen) atoms. The molecule has 1 aromatic heterocycles. The van der Waals surface area contributed by atoms with Gasteiger partial charge in [-0.15, -0.1) is 0 Å². The minimum absolute atomic E-state index is 0.288. The zero-order chi connectivity index (χ0) is 16.1. The maximum Gasteiger partial charge on any atom is 0.335 e. The molecule has 2 N–H and O–H groups in total. The van der Waals surface area contributed by atoms with Gasteiger partial charge in [-0.05, 0) is 17.2 Å². The number of benzene rings is 2. The number of carbonyl (C=O) groups is 1. The van der Waals surface area contributed by atoms with Crippen molar-refractivity contribution in [1.29, 1.82) is 0 Å². The van der Waals surface area contributed by atoms with E-state index in [2.05, 4.69) is 27.3 Å². The van der Waals surface area contributed by atoms with Crippen LogP contribution in [0.2, 0.25) is 0 Å². The number of H-pyrrole nitrogens is 1. The highest BCUT2D eigenvalue weighted by molar-refractivity contribution is 7.98. The number of thioether (sulfide) groups is 1. The van der Waals surface area contributed by atoms with Crippen LogP contribution in [-0.2, 0) is 12.2 Å². The van der Waals surface area contributed by atoms with Crippen LogP contribution < -0.4 is 0 Å². The van der Waals surface area contributed by atoms with Gasteiger partial charge in [-0.3, -0.25) is 5.10 Å². The normalized spacial score (nSPS) is 10.6. The lowest BCUT2D eigenvalue weighted by Crippen LogP contribution is -2.03. The topological polar surface area (TPSA) is 78.9 Å². The second-order valence-electron chi connectivity index (χ2n) is 4.97. The molecule has 0 bridgehead atoms. The third kappa shape index (κ3) is 3.98. The van der Waals surface area contributed by atoms with Gasteiger partial charge < -0.3 is 5.11 Å². The molecular weight excluding hydrogens is 310 g/mol. The number of rotatable bonds is 6. The Morgan fingerprint density at radius 1 is 1.09 bits per heavy atom. The van der Waals surface area contributed by atoms with E-state index in [4.69, 9.17) is 0 Å². The summed E-state index contributed by atoms with van der Waals surface area (Å²) in [6, 6.07) is 17.0. The first-order valence-electron chi connectivity index (χ1n) is 7.11. The summed E-state index contributed by atoms with van der Waals surface area (Å²) in [6.45, 7) is 0. The highest BCUT2D eigenvalue weighted by Crippen LogP contribution is 2.20. The molecular formula is C17H15N3O2S. The Hall–Kier alpha value is -2.60. The molecule has 0 aliphatic rings. The number of hydrogen-bond acceptors (Lipinski definition) is 4. The summed E-state index contributed by atoms with van der Waals surface area (Å²) < 4.78 is 0. The van der Waals surface area contributed by atoms with Crippen LogP contribution in [0.5, 0.6) is 0 Å². The SMILES string of the molecule is O=C(O)c1ccccc1Cc1n[nH]c(SCc2ccccc2)n1. The van der Waals surface area contributed by atoms with Gasteiger partial charge >= 0.3 is 5.97 Å². The molecule has 0 amide bonds. The third-order valence-electron chi connectivity index (χ3n) is 3.33. The molecule has 0 saturated carbocycles. The second kappa shape index (κ2) is 7.11. The van der Waals surface area contributed by atoms with E-state index in [0.717, 1.165) is 10.9 Å². The fraction of sp³-hybridized carbons (Fsp3) is 0.118. The molecule has 0 unspecified atom stereocenters. The maximum atomic E-state index is 11.2. The molecule has 5 nitrogen and oxygen atoms in total. The van der Waals surface area contributed by atoms with E-state index < -0.39 is 5.97 Å². The number of aromatic carboxylic acids is 1. The lowest BCUT2D eigenvalue weighted by molar-refractivity contribution is 0.0696. The first-order valence-corrected chi connectivity index (χ1v) is 8.10. The van der Waals surface area contributed by atoms with E-state index in [9.17, 15) is 9.90 Å². The van der Waals surface area contributed by atoms with Crippen molar-refractivity contribution in [3.8, 4) is 0 Å². The smallest absolute Gasteiger partial charge is 0.335 e. The molecule has 3 rings (SSSR count). The fourth-order valence-electron chi connectivity index (χ4n) is 2.20. The number of carboxylic acid groups (broad SMARTS) is 1. The van der Waals surface area contributed by atoms with Crippen LogP contribution >= 0.6 is 11.8 Å². The van der Waals surface area contributed by atoms with Crippen molar-refractivity contribution in [1.82, 2.24) is 15.2 Å². The van der Waals surface area contributed by atoms with Gasteiger partial charge in [-0.1, -0.05) is 60.3 Å². The Balaban J connectivity index is 1.67. The Kier molecular flexibility index (Phi) is 4.73. The molecule has 0 atom stereocenters. The lowest BCUT2D eigenvalue weighted by Gasteiger charge is -2.02. The van der Waals surface area contributed by atoms with Gasteiger partial charge in [-0.25, -0.2) is 9.78 Å². The minimum Gasteiger partial charge on any atom is -0.478 e. The van der Waals surface area contributed by atoms with Crippen LogP contribution in [0.25, 0.3) is 0 Å². The largest absolute Gasteiger partial charge is 0.478 e. The van der Waals surface area contributed by atoms with E-state index in [1.165, 1.54) is 5.56 Å². The number of nitrogens with one attached hydrogen (secondary N) is 1. The van der Waals surface area contributed by atoms with Gasteiger partial charge in [0.1, 0.15) is 0 Å². The number of nitrogens with zero attached hydrogens (tertiary/aromatic N) is 2. The quantitative estimate of drug-likeness (QED) is 0.679. The van der Waals surface area contributed by atoms with Gasteiger partial charge in [0.25, 0.3) is 0 Å². The fourth-order valence-corrected chi connectivity index (χ4v) is 2.98. The number of hydrogen-bond donors (Lipinski definition) is 2. The van der Waals surface area contributed by atoms with Gasteiger partial charge in [0.15, 0.2) is 11.0 Å². The average Bonchev–Trinajstić information content (AvgIpc) is 3.02. The van der Waals surface area contributed by atoms with Crippen LogP contribution in [0, 0.1) is 0 Å². The van der Waals surface area contributed by atoms with E-state index in [-0.39, 0.29) is 5.56 Å². The molecule has 0 aliphatic carbocycles. The molecule has 0 spiro atoms. The van der Waals surface area contributed by atoms with Crippen molar-refractivity contribution in [2.24, 2.45) is 0 Å². The summed E-state index contributed by atoms with van der Waals surface area (Å²) in [4.78, 5) is 15.6. The summed E-state index contributed by atoms with van der Waals surface area (Å²) in [5.74, 6) is 0.463. The Labute approximate surface area is 137 Å². The summed E-state index contributed by atoms with van der Waals surface area (Å²) in [5.41, 5.74) is 2.21. The van der Waals surface area contributed by atoms with Crippen molar-refractivity contribution in [2.45, 2.75) is 17.3 Å². The molecule has 2 aromatic carbocycles. The van der Waals surface area contributed by atoms with Gasteiger partial charge in [0.2, 0.25) is 0 Å². The zero-order valence-corrected chi connectivity index (χ0v) is 13.1. The monoisotopic (exact) mass is 325 g/mol. The van der Waals surface area contributed by atoms with Crippen LogP contribution in [0.3, 0.4) is 0 Å². The van der Waals surface area contributed by atoms with Crippen LogP contribution in [0.4, 0.5) is 0 Å². The number of aromatic nitrogens is 3. The van der Waals surface area contributed by atoms with Gasteiger partial charge in [-0.2, -0.15) is 5.10 Å². The van der Waals surface area contributed by atoms with Gasteiger partial charge in [0, 0.05) is 12.2 Å². The molecule has 6 heteroatoms. The van der Waals surface area contributed by atoms with E-state index in [0.29, 0.717) is 17.8 Å². The van der Waals surface area contributed by atoms with Crippen LogP contribution in [0.1, 0.15) is 27.3 Å². The summed E-state index contributed by atoms with van der Waals surface area (Å²) >= 11 is 1.57. The number of carboxylic acids is 1. The van der Waals surface area contributed by atoms with Crippen molar-refractivity contribution in [3.05, 3.63) is 77.1 Å². The first-order chi connectivity index (χ1) is 11.2. The highest BCUT2D eigenvalue weighted by Gasteiger charge is 2.12. The third-order valence-corrected chi connectivity index (χ3v) is 4.26. The maximum absolute atomic E-state index is 11.2. The zero-order valence-electron chi connectivity index (χ0n) is 12.3. The molecule has 116 valence electrons. The highest BCUT2D eigenvalue weighted by atomic mass is 32.2. The molecule has 0 saturated heterocycles. The summed E-state index contributed by atoms with van der Waals surface area (Å²) in [7, 11) is 0. The van der Waals surface area contributed by atoms with E-state index in [1.54, 1.807) is 30.0 Å². The lowest BCUT2D eigenvalue weighted by atomic mass is 10.0. The average molecular weight is 325 g/mol. The standard InChI is InChI=1S/C17H15N3O2S/c21-16(22)14-9-5-4-8-13(14)10-15-18-17(20-19-15)23-11-12-6-2-1-3-7-12/h1-9H,10-11H2,(H,21,22)(H,18,19,20). The minimum atomic E-state index is -0.935. The predicted molar refractivity (Wildman–Crippen MR) is 88.6 cm³/mol. The van der Waals surface area contributed by atoms with Crippen LogP contribution in [-0.4, -0.2) is 26.3 Å². The predicted octanol–water partition coefficient (Wildman–Crippen LogP) is 3.39. The van der Waals surface area contributed by atoms with E-state index >= 15 is 0 Å². The number of aromatic amines is 1. The molecule has 1 heterocycles. The molecule has 0 radical (unpaired) electrons. The van der Waals surface area contributed by atoms with E-state index in [1.807, 2.05) is 24.3 Å². The second-order valence-corrected chi connectivity index (χ2v) is 5.93. The van der Waals surface area contributed by atoms with Crippen molar-refractivity contribution in [2.75, 3.05) is 0 Å². The van der Waals surface area contributed by atoms with Crippen molar-refractivity contribution < 1.29 is 9.90 Å². The Bertz CT molecular complexity index is 802. The van der Waals surface area contributed by atoms with Gasteiger partial charge in [0.05, 0.1) is 5.56 Å². The Morgan fingerprint density at radius 3 is 2.61 bits per heavy atom. The van der Waals surface area contributed by atoms with Crippen molar-refractivity contribution in [3.63, 3.8) is 0 Å². The molecule has 0 aliphatic heterocycles. The first kappa shape index (κ1) is 15.3. The summed E-state index contributed by atoms with van der Waals surface area (Å²) in [6.07, 6.45) is 0.394. The summed E-state index contributed by atoms with van der Waals surface area (Å²) in [5, 5.41) is 17.0. The van der Waals surface area contributed by atoms with Crippen LogP contribution in [0.15, 0.2) is 59.8 Å². The Morgan fingerprint density at radius 2 is 1.83 bits per heavy atom. The molecule has 3 aromatic rings.